The Labute approximate surface area is 80.2 Å². The SMILES string of the molecule is C=C(Cl)CNC1CCCC1CC. The predicted molar refractivity (Wildman–Crippen MR) is 54.4 cm³/mol. The van der Waals surface area contributed by atoms with E-state index in [-0.39, 0.29) is 0 Å². The Balaban J connectivity index is 2.26. The maximum Gasteiger partial charge on any atom is 0.0310 e. The van der Waals surface area contributed by atoms with Crippen LogP contribution in [0.2, 0.25) is 0 Å². The van der Waals surface area contributed by atoms with Crippen LogP contribution in [0.4, 0.5) is 0 Å². The van der Waals surface area contributed by atoms with Crippen molar-refractivity contribution in [2.24, 2.45) is 5.92 Å². The Hall–Kier alpha value is -0.0100. The molecule has 2 atom stereocenters. The molecule has 0 aromatic carbocycles. The molecule has 1 aliphatic carbocycles. The second-order valence-electron chi connectivity index (χ2n) is 3.60. The first-order valence-electron chi connectivity index (χ1n) is 4.80. The lowest BCUT2D eigenvalue weighted by Gasteiger charge is -2.18. The Morgan fingerprint density at radius 2 is 2.33 bits per heavy atom. The molecular weight excluding hydrogens is 170 g/mol. The van der Waals surface area contributed by atoms with E-state index < -0.39 is 0 Å². The Bertz CT molecular complexity index is 156. The van der Waals surface area contributed by atoms with Crippen LogP contribution < -0.4 is 5.32 Å². The maximum absolute atomic E-state index is 5.69. The summed E-state index contributed by atoms with van der Waals surface area (Å²) in [7, 11) is 0. The minimum absolute atomic E-state index is 0.686. The minimum atomic E-state index is 0.686. The van der Waals surface area contributed by atoms with E-state index in [0.717, 1.165) is 17.5 Å². The van der Waals surface area contributed by atoms with Gasteiger partial charge in [-0.2, -0.15) is 0 Å². The van der Waals surface area contributed by atoms with Crippen LogP contribution in [0, 0.1) is 5.92 Å². The van der Waals surface area contributed by atoms with Crippen LogP contribution in [0.5, 0.6) is 0 Å². The highest BCUT2D eigenvalue weighted by Crippen LogP contribution is 2.27. The summed E-state index contributed by atoms with van der Waals surface area (Å²) in [5.74, 6) is 0.862. The largest absolute Gasteiger partial charge is 0.309 e. The van der Waals surface area contributed by atoms with E-state index in [1.165, 1.54) is 25.7 Å². The molecule has 0 amide bonds. The van der Waals surface area contributed by atoms with Gasteiger partial charge in [0.1, 0.15) is 0 Å². The zero-order chi connectivity index (χ0) is 8.97. The second-order valence-corrected chi connectivity index (χ2v) is 4.14. The van der Waals surface area contributed by atoms with Crippen LogP contribution in [0.3, 0.4) is 0 Å². The maximum atomic E-state index is 5.69. The molecule has 0 aromatic rings. The smallest absolute Gasteiger partial charge is 0.0310 e. The Morgan fingerprint density at radius 3 is 2.92 bits per heavy atom. The molecule has 0 bridgehead atoms. The average Bonchev–Trinajstić information content (AvgIpc) is 2.47. The minimum Gasteiger partial charge on any atom is -0.309 e. The molecule has 0 aromatic heterocycles. The van der Waals surface area contributed by atoms with Gasteiger partial charge in [-0.1, -0.05) is 37.9 Å². The van der Waals surface area contributed by atoms with Gasteiger partial charge in [0.05, 0.1) is 0 Å². The molecular formula is C10H18ClN. The number of hydrogen-bond acceptors (Lipinski definition) is 1. The van der Waals surface area contributed by atoms with Crippen molar-refractivity contribution in [2.45, 2.75) is 38.6 Å². The summed E-state index contributed by atoms with van der Waals surface area (Å²) < 4.78 is 0. The molecule has 12 heavy (non-hydrogen) atoms. The fourth-order valence-electron chi connectivity index (χ4n) is 2.04. The van der Waals surface area contributed by atoms with Gasteiger partial charge in [-0.05, 0) is 18.8 Å². The normalized spacial score (nSPS) is 29.2. The first-order chi connectivity index (χ1) is 5.74. The van der Waals surface area contributed by atoms with E-state index in [1.807, 2.05) is 0 Å². The zero-order valence-corrected chi connectivity index (χ0v) is 8.53. The molecule has 2 heteroatoms. The topological polar surface area (TPSA) is 12.0 Å². The van der Waals surface area contributed by atoms with Gasteiger partial charge in [-0.3, -0.25) is 0 Å². The van der Waals surface area contributed by atoms with Gasteiger partial charge in [-0.15, -0.1) is 0 Å². The summed E-state index contributed by atoms with van der Waals surface area (Å²) in [6.45, 7) is 6.70. The van der Waals surface area contributed by atoms with E-state index in [2.05, 4.69) is 18.8 Å². The molecule has 2 unspecified atom stereocenters. The second kappa shape index (κ2) is 4.88. The fraction of sp³-hybridized carbons (Fsp3) is 0.800. The molecule has 0 aliphatic heterocycles. The van der Waals surface area contributed by atoms with Gasteiger partial charge in [0.25, 0.3) is 0 Å². The molecule has 1 rings (SSSR count). The van der Waals surface area contributed by atoms with E-state index in [9.17, 15) is 0 Å². The molecule has 1 aliphatic rings. The Morgan fingerprint density at radius 1 is 1.58 bits per heavy atom. The molecule has 0 radical (unpaired) electrons. The summed E-state index contributed by atoms with van der Waals surface area (Å²) in [5, 5.41) is 4.17. The molecule has 0 heterocycles. The lowest BCUT2D eigenvalue weighted by atomic mass is 10.0. The molecule has 0 spiro atoms. The van der Waals surface area contributed by atoms with E-state index in [4.69, 9.17) is 11.6 Å². The van der Waals surface area contributed by atoms with Crippen molar-refractivity contribution in [1.29, 1.82) is 0 Å². The standard InChI is InChI=1S/C10H18ClN/c1-3-9-5-4-6-10(9)12-7-8(2)11/h9-10,12H,2-7H2,1H3. The fourth-order valence-corrected chi connectivity index (χ4v) is 2.11. The van der Waals surface area contributed by atoms with Gasteiger partial charge in [0, 0.05) is 17.6 Å². The quantitative estimate of drug-likeness (QED) is 0.714. The van der Waals surface area contributed by atoms with Crippen LogP contribution in [-0.4, -0.2) is 12.6 Å². The third-order valence-electron chi connectivity index (χ3n) is 2.74. The zero-order valence-electron chi connectivity index (χ0n) is 7.78. The van der Waals surface area contributed by atoms with E-state index >= 15 is 0 Å². The number of nitrogens with one attached hydrogen (secondary N) is 1. The molecule has 1 saturated carbocycles. The van der Waals surface area contributed by atoms with Crippen LogP contribution >= 0.6 is 11.6 Å². The molecule has 1 nitrogen and oxygen atoms in total. The number of halogens is 1. The van der Waals surface area contributed by atoms with Crippen LogP contribution in [0.15, 0.2) is 11.6 Å². The summed E-state index contributed by atoms with van der Waals surface area (Å²) >= 11 is 5.69. The van der Waals surface area contributed by atoms with Crippen molar-refractivity contribution in [3.8, 4) is 0 Å². The summed E-state index contributed by atoms with van der Waals surface area (Å²) in [4.78, 5) is 0. The van der Waals surface area contributed by atoms with Crippen molar-refractivity contribution in [2.75, 3.05) is 6.54 Å². The van der Waals surface area contributed by atoms with Crippen LogP contribution in [0.1, 0.15) is 32.6 Å². The van der Waals surface area contributed by atoms with E-state index in [1.54, 1.807) is 0 Å². The predicted octanol–water partition coefficient (Wildman–Crippen LogP) is 2.91. The van der Waals surface area contributed by atoms with Gasteiger partial charge < -0.3 is 5.32 Å². The van der Waals surface area contributed by atoms with Crippen molar-refractivity contribution >= 4 is 11.6 Å². The van der Waals surface area contributed by atoms with Crippen molar-refractivity contribution < 1.29 is 0 Å². The monoisotopic (exact) mass is 187 g/mol. The lowest BCUT2D eigenvalue weighted by molar-refractivity contribution is 0.403. The van der Waals surface area contributed by atoms with Crippen molar-refractivity contribution in [3.05, 3.63) is 11.6 Å². The highest BCUT2D eigenvalue weighted by molar-refractivity contribution is 6.29. The third-order valence-corrected chi connectivity index (χ3v) is 2.87. The molecule has 70 valence electrons. The van der Waals surface area contributed by atoms with Gasteiger partial charge >= 0.3 is 0 Å². The lowest BCUT2D eigenvalue weighted by Crippen LogP contribution is -2.32. The molecule has 1 N–H and O–H groups in total. The summed E-state index contributed by atoms with van der Waals surface area (Å²) in [5.41, 5.74) is 0. The highest BCUT2D eigenvalue weighted by Gasteiger charge is 2.24. The van der Waals surface area contributed by atoms with Crippen LogP contribution in [0.25, 0.3) is 0 Å². The van der Waals surface area contributed by atoms with Gasteiger partial charge in [0.15, 0.2) is 0 Å². The Kier molecular flexibility index (Phi) is 4.10. The van der Waals surface area contributed by atoms with Gasteiger partial charge in [0.2, 0.25) is 0 Å². The highest BCUT2D eigenvalue weighted by atomic mass is 35.5. The third kappa shape index (κ3) is 2.80. The van der Waals surface area contributed by atoms with Crippen LogP contribution in [-0.2, 0) is 0 Å². The average molecular weight is 188 g/mol. The number of rotatable bonds is 4. The molecule has 0 saturated heterocycles. The molecule has 1 fully saturated rings. The van der Waals surface area contributed by atoms with E-state index in [0.29, 0.717) is 6.04 Å². The van der Waals surface area contributed by atoms with Crippen molar-refractivity contribution in [1.82, 2.24) is 5.32 Å². The first kappa shape index (κ1) is 10.1. The summed E-state index contributed by atoms with van der Waals surface area (Å²) in [6.07, 6.45) is 5.34. The first-order valence-corrected chi connectivity index (χ1v) is 5.18. The van der Waals surface area contributed by atoms with Gasteiger partial charge in [-0.25, -0.2) is 0 Å². The number of hydrogen-bond donors (Lipinski definition) is 1. The van der Waals surface area contributed by atoms with Crippen molar-refractivity contribution in [3.63, 3.8) is 0 Å². The summed E-state index contributed by atoms with van der Waals surface area (Å²) in [6, 6.07) is 0.686.